The number of para-hydroxylation sites is 1. The van der Waals surface area contributed by atoms with Gasteiger partial charge in [-0.05, 0) is 18.9 Å². The Kier molecular flexibility index (Phi) is 5.49. The molecular formula is C18H19N7OS2. The molecule has 2 N–H and O–H groups in total. The number of rotatable bonds is 7. The Hall–Kier alpha value is -2.59. The molecule has 0 unspecified atom stereocenters. The van der Waals surface area contributed by atoms with E-state index in [2.05, 4.69) is 42.6 Å². The third-order valence-electron chi connectivity index (χ3n) is 4.17. The van der Waals surface area contributed by atoms with E-state index in [1.54, 1.807) is 0 Å². The minimum absolute atomic E-state index is 0.132. The van der Waals surface area contributed by atoms with E-state index < -0.39 is 0 Å². The number of hydrogen-bond donors (Lipinski definition) is 2. The number of anilines is 1. The maximum Gasteiger partial charge on any atom is 0.239 e. The number of carbonyl (C=O) groups is 1. The first-order valence-corrected chi connectivity index (χ1v) is 10.8. The lowest BCUT2D eigenvalue weighted by molar-refractivity contribution is -0.115. The summed E-state index contributed by atoms with van der Waals surface area (Å²) in [6.07, 6.45) is 2.49. The number of carbonyl (C=O) groups excluding carboxylic acids is 1. The molecule has 4 rings (SSSR count). The third kappa shape index (κ3) is 3.83. The molecule has 1 atom stereocenters. The van der Waals surface area contributed by atoms with Crippen LogP contribution in [0.3, 0.4) is 0 Å². The first-order chi connectivity index (χ1) is 13.7. The average molecular weight is 414 g/mol. The molecular weight excluding hydrogens is 394 g/mol. The minimum Gasteiger partial charge on any atom is -0.338 e. The van der Waals surface area contributed by atoms with E-state index in [0.29, 0.717) is 22.4 Å². The molecule has 28 heavy (non-hydrogen) atoms. The molecule has 0 bridgehead atoms. The highest BCUT2D eigenvalue weighted by atomic mass is 32.2. The number of H-pyrrole nitrogens is 1. The van der Waals surface area contributed by atoms with Crippen molar-refractivity contribution in [3.8, 4) is 0 Å². The molecule has 4 aromatic rings. The van der Waals surface area contributed by atoms with Gasteiger partial charge in [-0.2, -0.15) is 0 Å². The predicted molar refractivity (Wildman–Crippen MR) is 112 cm³/mol. The van der Waals surface area contributed by atoms with Gasteiger partial charge in [0, 0.05) is 17.3 Å². The lowest BCUT2D eigenvalue weighted by Gasteiger charge is -2.11. The number of aromatic amines is 1. The SMILES string of the molecule is CCCc1nnc(NC(=O)[C@H](CC)Sc2nnc3c(n2)[nH]c2ccccc23)s1. The monoisotopic (exact) mass is 413 g/mol. The average Bonchev–Trinajstić information content (AvgIpc) is 3.29. The number of benzene rings is 1. The molecule has 0 radical (unpaired) electrons. The molecule has 0 spiro atoms. The maximum absolute atomic E-state index is 12.6. The van der Waals surface area contributed by atoms with Gasteiger partial charge in [0.25, 0.3) is 0 Å². The molecule has 0 saturated heterocycles. The molecule has 1 aromatic carbocycles. The van der Waals surface area contributed by atoms with Crippen LogP contribution in [-0.4, -0.2) is 41.5 Å². The maximum atomic E-state index is 12.6. The van der Waals surface area contributed by atoms with Crippen molar-refractivity contribution in [3.05, 3.63) is 29.3 Å². The van der Waals surface area contributed by atoms with Gasteiger partial charge in [0.05, 0.1) is 5.25 Å². The summed E-state index contributed by atoms with van der Waals surface area (Å²) < 4.78 is 0. The summed E-state index contributed by atoms with van der Waals surface area (Å²) in [4.78, 5) is 20.4. The van der Waals surface area contributed by atoms with Crippen molar-refractivity contribution in [3.63, 3.8) is 0 Å². The molecule has 144 valence electrons. The van der Waals surface area contributed by atoms with Gasteiger partial charge in [-0.15, -0.1) is 20.4 Å². The highest BCUT2D eigenvalue weighted by Crippen LogP contribution is 2.27. The van der Waals surface area contributed by atoms with Gasteiger partial charge in [-0.25, -0.2) is 4.98 Å². The Balaban J connectivity index is 1.50. The Morgan fingerprint density at radius 3 is 2.89 bits per heavy atom. The fourth-order valence-electron chi connectivity index (χ4n) is 2.81. The summed E-state index contributed by atoms with van der Waals surface area (Å²) in [5.74, 6) is -0.132. The first kappa shape index (κ1) is 18.8. The highest BCUT2D eigenvalue weighted by Gasteiger charge is 2.22. The number of nitrogens with one attached hydrogen (secondary N) is 2. The number of nitrogens with zero attached hydrogens (tertiary/aromatic N) is 5. The van der Waals surface area contributed by atoms with Crippen LogP contribution in [0.4, 0.5) is 5.13 Å². The van der Waals surface area contributed by atoms with E-state index in [4.69, 9.17) is 0 Å². The van der Waals surface area contributed by atoms with E-state index >= 15 is 0 Å². The molecule has 10 heteroatoms. The second kappa shape index (κ2) is 8.19. The van der Waals surface area contributed by atoms with Crippen LogP contribution in [-0.2, 0) is 11.2 Å². The van der Waals surface area contributed by atoms with E-state index in [1.807, 2.05) is 31.2 Å². The zero-order chi connectivity index (χ0) is 19.5. The van der Waals surface area contributed by atoms with Gasteiger partial charge >= 0.3 is 0 Å². The number of amides is 1. The van der Waals surface area contributed by atoms with E-state index in [0.717, 1.165) is 34.3 Å². The summed E-state index contributed by atoms with van der Waals surface area (Å²) in [5.41, 5.74) is 2.36. The standard InChI is InChI=1S/C18H19N7OS2/c1-3-7-13-22-24-18(28-13)21-16(26)12(4-2)27-17-20-15-14(23-25-17)10-8-5-6-9-11(10)19-15/h5-6,8-9,12H,3-4,7H2,1-2H3,(H,19,20,25)(H,21,24,26)/t12-/m0/s1. The summed E-state index contributed by atoms with van der Waals surface area (Å²) >= 11 is 2.71. The zero-order valence-electron chi connectivity index (χ0n) is 15.5. The van der Waals surface area contributed by atoms with Crippen molar-refractivity contribution in [1.29, 1.82) is 0 Å². The van der Waals surface area contributed by atoms with Crippen molar-refractivity contribution >= 4 is 56.2 Å². The van der Waals surface area contributed by atoms with E-state index in [1.165, 1.54) is 23.1 Å². The number of thioether (sulfide) groups is 1. The summed E-state index contributed by atoms with van der Waals surface area (Å²) in [6.45, 7) is 4.04. The van der Waals surface area contributed by atoms with Crippen molar-refractivity contribution in [2.45, 2.75) is 43.5 Å². The Labute approximate surface area is 169 Å². The van der Waals surface area contributed by atoms with Crippen LogP contribution in [0.15, 0.2) is 29.4 Å². The van der Waals surface area contributed by atoms with E-state index in [9.17, 15) is 4.79 Å². The van der Waals surface area contributed by atoms with Gasteiger partial charge in [0.15, 0.2) is 5.65 Å². The number of aryl methyl sites for hydroxylation is 1. The Morgan fingerprint density at radius 1 is 1.21 bits per heavy atom. The number of hydrogen-bond acceptors (Lipinski definition) is 8. The highest BCUT2D eigenvalue weighted by molar-refractivity contribution is 8.00. The molecule has 3 aromatic heterocycles. The van der Waals surface area contributed by atoms with Crippen LogP contribution in [0.25, 0.3) is 22.1 Å². The molecule has 0 aliphatic rings. The molecule has 0 fully saturated rings. The molecule has 1 amide bonds. The number of aromatic nitrogens is 6. The quantitative estimate of drug-likeness (QED) is 0.443. The Morgan fingerprint density at radius 2 is 2.07 bits per heavy atom. The summed E-state index contributed by atoms with van der Waals surface area (Å²) in [7, 11) is 0. The lowest BCUT2D eigenvalue weighted by atomic mass is 10.2. The zero-order valence-corrected chi connectivity index (χ0v) is 17.1. The minimum atomic E-state index is -0.345. The first-order valence-electron chi connectivity index (χ1n) is 9.09. The van der Waals surface area contributed by atoms with Crippen LogP contribution in [0, 0.1) is 0 Å². The van der Waals surface area contributed by atoms with Crippen LogP contribution in [0.5, 0.6) is 0 Å². The van der Waals surface area contributed by atoms with Crippen molar-refractivity contribution in [1.82, 2.24) is 30.4 Å². The van der Waals surface area contributed by atoms with Crippen LogP contribution >= 0.6 is 23.1 Å². The van der Waals surface area contributed by atoms with Crippen LogP contribution < -0.4 is 5.32 Å². The van der Waals surface area contributed by atoms with Crippen LogP contribution in [0.1, 0.15) is 31.7 Å². The van der Waals surface area contributed by atoms with Gasteiger partial charge in [-0.1, -0.05) is 55.1 Å². The van der Waals surface area contributed by atoms with E-state index in [-0.39, 0.29) is 11.2 Å². The van der Waals surface area contributed by atoms with Gasteiger partial charge in [-0.3, -0.25) is 10.1 Å². The largest absolute Gasteiger partial charge is 0.338 e. The van der Waals surface area contributed by atoms with Gasteiger partial charge < -0.3 is 4.98 Å². The normalized spacial score (nSPS) is 12.5. The van der Waals surface area contributed by atoms with Crippen molar-refractivity contribution in [2.24, 2.45) is 0 Å². The summed E-state index contributed by atoms with van der Waals surface area (Å²) in [6, 6.07) is 7.87. The Bertz CT molecular complexity index is 1120. The molecule has 3 heterocycles. The van der Waals surface area contributed by atoms with Crippen molar-refractivity contribution in [2.75, 3.05) is 5.32 Å². The molecule has 8 nitrogen and oxygen atoms in total. The smallest absolute Gasteiger partial charge is 0.239 e. The van der Waals surface area contributed by atoms with Gasteiger partial charge in [0.1, 0.15) is 10.5 Å². The number of fused-ring (bicyclic) bond motifs is 3. The van der Waals surface area contributed by atoms with Crippen LogP contribution in [0.2, 0.25) is 0 Å². The topological polar surface area (TPSA) is 109 Å². The van der Waals surface area contributed by atoms with Gasteiger partial charge in [0.2, 0.25) is 16.2 Å². The molecule has 0 aliphatic carbocycles. The third-order valence-corrected chi connectivity index (χ3v) is 6.29. The van der Waals surface area contributed by atoms with Crippen molar-refractivity contribution < 1.29 is 4.79 Å². The fourth-order valence-corrected chi connectivity index (χ4v) is 4.47. The molecule has 0 aliphatic heterocycles. The molecule has 0 saturated carbocycles. The predicted octanol–water partition coefficient (Wildman–Crippen LogP) is 3.82. The fraction of sp³-hybridized carbons (Fsp3) is 0.333. The second-order valence-electron chi connectivity index (χ2n) is 6.22. The second-order valence-corrected chi connectivity index (χ2v) is 8.45. The summed E-state index contributed by atoms with van der Waals surface area (Å²) in [5, 5.41) is 22.1. The lowest BCUT2D eigenvalue weighted by Crippen LogP contribution is -2.24.